The van der Waals surface area contributed by atoms with E-state index in [9.17, 15) is 4.79 Å². The van der Waals surface area contributed by atoms with Crippen LogP contribution in [0.1, 0.15) is 31.1 Å². The Balaban J connectivity index is 1.74. The van der Waals surface area contributed by atoms with Gasteiger partial charge in [0.05, 0.1) is 16.8 Å². The molecule has 150 valence electrons. The van der Waals surface area contributed by atoms with Gasteiger partial charge in [0, 0.05) is 11.1 Å². The van der Waals surface area contributed by atoms with Crippen LogP contribution in [0.2, 0.25) is 0 Å². The highest BCUT2D eigenvalue weighted by Gasteiger charge is 2.18. The summed E-state index contributed by atoms with van der Waals surface area (Å²) in [6.07, 6.45) is 0. The average Bonchev–Trinajstić information content (AvgIpc) is 2.72. The number of aromatic nitrogens is 3. The van der Waals surface area contributed by atoms with Crippen molar-refractivity contribution in [2.75, 3.05) is 5.73 Å². The molecule has 0 saturated heterocycles. The first-order valence-corrected chi connectivity index (χ1v) is 9.64. The van der Waals surface area contributed by atoms with E-state index in [1.54, 1.807) is 12.1 Å². The molecule has 2 heterocycles. The molecule has 2 N–H and O–H groups in total. The second-order valence-electron chi connectivity index (χ2n) is 7.94. The maximum atomic E-state index is 12.3. The highest BCUT2D eigenvalue weighted by molar-refractivity contribution is 5.92. The standard InChI is InChI=1S/C24H22N4O2/c1-24(2,3)30-22(29)17-11-9-15(10-12-17)18-13-14-19-21(26-18)20(28-23(25)27-19)16-7-5-4-6-8-16/h4-14H,1-3H3,(H2,25,27,28). The summed E-state index contributed by atoms with van der Waals surface area (Å²) in [6.45, 7) is 5.53. The van der Waals surface area contributed by atoms with Crippen LogP contribution < -0.4 is 5.73 Å². The van der Waals surface area contributed by atoms with Crippen molar-refractivity contribution >= 4 is 23.0 Å². The summed E-state index contributed by atoms with van der Waals surface area (Å²) in [5.41, 5.74) is 10.4. The fraction of sp³-hybridized carbons (Fsp3) is 0.167. The topological polar surface area (TPSA) is 91.0 Å². The minimum absolute atomic E-state index is 0.206. The zero-order chi connectivity index (χ0) is 21.3. The molecule has 0 radical (unpaired) electrons. The lowest BCUT2D eigenvalue weighted by molar-refractivity contribution is 0.00695. The second kappa shape index (κ2) is 7.55. The van der Waals surface area contributed by atoms with Gasteiger partial charge in [-0.3, -0.25) is 0 Å². The van der Waals surface area contributed by atoms with E-state index in [1.165, 1.54) is 0 Å². The summed E-state index contributed by atoms with van der Waals surface area (Å²) in [5.74, 6) is -0.145. The first-order chi connectivity index (χ1) is 14.3. The lowest BCUT2D eigenvalue weighted by Gasteiger charge is -2.19. The Morgan fingerprint density at radius 1 is 0.833 bits per heavy atom. The quantitative estimate of drug-likeness (QED) is 0.494. The van der Waals surface area contributed by atoms with Crippen LogP contribution in [0.5, 0.6) is 0 Å². The normalized spacial score (nSPS) is 11.4. The number of carbonyl (C=O) groups excluding carboxylic acids is 1. The van der Waals surface area contributed by atoms with Crippen molar-refractivity contribution in [3.05, 3.63) is 72.3 Å². The maximum Gasteiger partial charge on any atom is 0.338 e. The minimum Gasteiger partial charge on any atom is -0.456 e. The monoisotopic (exact) mass is 398 g/mol. The summed E-state index contributed by atoms with van der Waals surface area (Å²) >= 11 is 0. The third kappa shape index (κ3) is 4.12. The summed E-state index contributed by atoms with van der Waals surface area (Å²) in [7, 11) is 0. The number of hydrogen-bond acceptors (Lipinski definition) is 6. The van der Waals surface area contributed by atoms with Crippen molar-refractivity contribution in [1.82, 2.24) is 15.0 Å². The molecule has 4 rings (SSSR count). The average molecular weight is 398 g/mol. The molecule has 0 fully saturated rings. The molecular formula is C24H22N4O2. The molecule has 0 saturated carbocycles. The van der Waals surface area contributed by atoms with Gasteiger partial charge >= 0.3 is 5.97 Å². The summed E-state index contributed by atoms with van der Waals surface area (Å²) in [6, 6.07) is 20.7. The van der Waals surface area contributed by atoms with E-state index in [1.807, 2.05) is 75.4 Å². The van der Waals surface area contributed by atoms with E-state index < -0.39 is 5.60 Å². The van der Waals surface area contributed by atoms with Crippen molar-refractivity contribution in [2.45, 2.75) is 26.4 Å². The van der Waals surface area contributed by atoms with E-state index in [4.69, 9.17) is 15.5 Å². The number of nitrogen functional groups attached to an aromatic ring is 1. The number of rotatable bonds is 3. The molecule has 0 bridgehead atoms. The van der Waals surface area contributed by atoms with Gasteiger partial charge in [-0.1, -0.05) is 42.5 Å². The van der Waals surface area contributed by atoms with Crippen LogP contribution in [0, 0.1) is 0 Å². The lowest BCUT2D eigenvalue weighted by atomic mass is 10.1. The molecule has 30 heavy (non-hydrogen) atoms. The number of esters is 1. The molecule has 0 atom stereocenters. The van der Waals surface area contributed by atoms with Gasteiger partial charge in [0.25, 0.3) is 0 Å². The Kier molecular flexibility index (Phi) is 4.91. The molecule has 4 aromatic rings. The van der Waals surface area contributed by atoms with Crippen molar-refractivity contribution in [1.29, 1.82) is 0 Å². The van der Waals surface area contributed by atoms with Crippen LogP contribution in [-0.4, -0.2) is 26.5 Å². The van der Waals surface area contributed by atoms with Gasteiger partial charge in [0.2, 0.25) is 5.95 Å². The van der Waals surface area contributed by atoms with Crippen LogP contribution in [0.25, 0.3) is 33.5 Å². The van der Waals surface area contributed by atoms with Crippen LogP contribution in [0.4, 0.5) is 5.95 Å². The first kappa shape index (κ1) is 19.5. The number of benzene rings is 2. The van der Waals surface area contributed by atoms with Gasteiger partial charge in [0.1, 0.15) is 16.8 Å². The van der Waals surface area contributed by atoms with E-state index in [2.05, 4.69) is 9.97 Å². The SMILES string of the molecule is CC(C)(C)OC(=O)c1ccc(-c2ccc3nc(N)nc(-c4ccccc4)c3n2)cc1. The fourth-order valence-corrected chi connectivity index (χ4v) is 3.10. The number of fused-ring (bicyclic) bond motifs is 1. The number of nitrogens with two attached hydrogens (primary N) is 1. The first-order valence-electron chi connectivity index (χ1n) is 9.64. The Morgan fingerprint density at radius 3 is 2.20 bits per heavy atom. The predicted octanol–water partition coefficient (Wildman–Crippen LogP) is 4.90. The Labute approximate surface area is 174 Å². The molecule has 0 spiro atoms. The van der Waals surface area contributed by atoms with Gasteiger partial charge in [0.15, 0.2) is 0 Å². The summed E-state index contributed by atoms with van der Waals surface area (Å²) in [5, 5.41) is 0. The maximum absolute atomic E-state index is 12.3. The van der Waals surface area contributed by atoms with Crippen molar-refractivity contribution in [3.63, 3.8) is 0 Å². The molecule has 0 amide bonds. The molecule has 0 unspecified atom stereocenters. The number of nitrogens with zero attached hydrogens (tertiary/aromatic N) is 3. The summed E-state index contributed by atoms with van der Waals surface area (Å²) < 4.78 is 5.42. The van der Waals surface area contributed by atoms with Gasteiger partial charge in [-0.15, -0.1) is 0 Å². The third-order valence-electron chi connectivity index (χ3n) is 4.42. The fourth-order valence-electron chi connectivity index (χ4n) is 3.10. The zero-order valence-corrected chi connectivity index (χ0v) is 17.1. The Bertz CT molecular complexity index is 1210. The molecule has 0 aliphatic rings. The number of pyridine rings is 1. The van der Waals surface area contributed by atoms with E-state index >= 15 is 0 Å². The molecule has 2 aromatic carbocycles. The van der Waals surface area contributed by atoms with Crippen LogP contribution in [0.15, 0.2) is 66.7 Å². The van der Waals surface area contributed by atoms with E-state index in [-0.39, 0.29) is 11.9 Å². The number of carbonyl (C=O) groups is 1. The highest BCUT2D eigenvalue weighted by Crippen LogP contribution is 2.28. The Hall–Kier alpha value is -3.80. The number of anilines is 1. The molecular weight excluding hydrogens is 376 g/mol. The van der Waals surface area contributed by atoms with Gasteiger partial charge in [-0.2, -0.15) is 0 Å². The Morgan fingerprint density at radius 2 is 1.53 bits per heavy atom. The lowest BCUT2D eigenvalue weighted by Crippen LogP contribution is -2.23. The van der Waals surface area contributed by atoms with Crippen molar-refractivity contribution in [2.24, 2.45) is 0 Å². The molecule has 0 aliphatic carbocycles. The second-order valence-corrected chi connectivity index (χ2v) is 7.94. The van der Waals surface area contributed by atoms with Crippen molar-refractivity contribution in [3.8, 4) is 22.5 Å². The third-order valence-corrected chi connectivity index (χ3v) is 4.42. The molecule has 6 heteroatoms. The summed E-state index contributed by atoms with van der Waals surface area (Å²) in [4.78, 5) is 25.8. The molecule has 6 nitrogen and oxygen atoms in total. The van der Waals surface area contributed by atoms with Crippen LogP contribution in [-0.2, 0) is 4.74 Å². The van der Waals surface area contributed by atoms with Crippen molar-refractivity contribution < 1.29 is 9.53 Å². The largest absolute Gasteiger partial charge is 0.456 e. The predicted molar refractivity (Wildman–Crippen MR) is 118 cm³/mol. The molecule has 2 aromatic heterocycles. The smallest absolute Gasteiger partial charge is 0.338 e. The van der Waals surface area contributed by atoms with Gasteiger partial charge in [-0.25, -0.2) is 19.7 Å². The minimum atomic E-state index is -0.536. The van der Waals surface area contributed by atoms with Crippen LogP contribution >= 0.6 is 0 Å². The highest BCUT2D eigenvalue weighted by atomic mass is 16.6. The van der Waals surface area contributed by atoms with Crippen LogP contribution in [0.3, 0.4) is 0 Å². The van der Waals surface area contributed by atoms with E-state index in [0.717, 1.165) is 16.8 Å². The van der Waals surface area contributed by atoms with Gasteiger partial charge < -0.3 is 10.5 Å². The zero-order valence-electron chi connectivity index (χ0n) is 17.1. The van der Waals surface area contributed by atoms with Gasteiger partial charge in [-0.05, 0) is 45.0 Å². The number of ether oxygens (including phenoxy) is 1. The number of hydrogen-bond donors (Lipinski definition) is 1. The molecule has 0 aliphatic heterocycles. The van der Waals surface area contributed by atoms with E-state index in [0.29, 0.717) is 22.3 Å².